The summed E-state index contributed by atoms with van der Waals surface area (Å²) in [5, 5.41) is 46.1. The topological polar surface area (TPSA) is 162 Å². The SMILES string of the molecule is N#CC(C#N)(CCl)N(Cl)N=Nc1cc([N+](=O)[O-])cc([N+](=O)[O-])c1. The van der Waals surface area contributed by atoms with Crippen LogP contribution in [0.25, 0.3) is 0 Å². The highest BCUT2D eigenvalue weighted by atomic mass is 35.5. The molecular formula is C10H5Cl2N7O4. The number of benzene rings is 1. The van der Waals surface area contributed by atoms with E-state index < -0.39 is 32.6 Å². The zero-order chi connectivity index (χ0) is 17.6. The third kappa shape index (κ3) is 4.00. The number of nitrogens with zero attached hydrogens (tertiary/aromatic N) is 7. The first kappa shape index (κ1) is 18.0. The molecule has 1 aromatic carbocycles. The lowest BCUT2D eigenvalue weighted by molar-refractivity contribution is -0.394. The first-order valence-electron chi connectivity index (χ1n) is 5.49. The summed E-state index contributed by atoms with van der Waals surface area (Å²) in [6, 6.07) is 5.63. The number of nitro groups is 2. The van der Waals surface area contributed by atoms with Gasteiger partial charge in [-0.1, -0.05) is 5.22 Å². The van der Waals surface area contributed by atoms with Gasteiger partial charge in [-0.25, -0.2) is 0 Å². The summed E-state index contributed by atoms with van der Waals surface area (Å²) in [5.74, 6) is -0.516. The van der Waals surface area contributed by atoms with Gasteiger partial charge < -0.3 is 0 Å². The van der Waals surface area contributed by atoms with Crippen LogP contribution in [0.15, 0.2) is 28.5 Å². The fourth-order valence-corrected chi connectivity index (χ4v) is 1.70. The minimum Gasteiger partial charge on any atom is -0.258 e. The molecule has 11 nitrogen and oxygen atoms in total. The van der Waals surface area contributed by atoms with Crippen molar-refractivity contribution in [3.8, 4) is 12.1 Å². The van der Waals surface area contributed by atoms with Crippen LogP contribution in [0.2, 0.25) is 0 Å². The van der Waals surface area contributed by atoms with E-state index in [1.807, 2.05) is 0 Å². The van der Waals surface area contributed by atoms with Gasteiger partial charge in [-0.05, 0) is 0 Å². The van der Waals surface area contributed by atoms with Crippen LogP contribution in [0, 0.1) is 42.9 Å². The number of nitro benzene ring substituents is 2. The Labute approximate surface area is 138 Å². The van der Waals surface area contributed by atoms with Gasteiger partial charge in [0.2, 0.25) is 0 Å². The van der Waals surface area contributed by atoms with Crippen molar-refractivity contribution in [1.29, 1.82) is 10.5 Å². The van der Waals surface area contributed by atoms with Gasteiger partial charge in [-0.15, -0.1) is 16.7 Å². The first-order valence-corrected chi connectivity index (χ1v) is 6.37. The quantitative estimate of drug-likeness (QED) is 0.248. The monoisotopic (exact) mass is 357 g/mol. The Morgan fingerprint density at radius 2 is 1.65 bits per heavy atom. The third-order valence-corrected chi connectivity index (χ3v) is 3.17. The fraction of sp³-hybridized carbons (Fsp3) is 0.200. The maximum Gasteiger partial charge on any atom is 0.278 e. The maximum atomic E-state index is 10.7. The third-order valence-electron chi connectivity index (χ3n) is 2.43. The van der Waals surface area contributed by atoms with Gasteiger partial charge in [0.15, 0.2) is 0 Å². The molecule has 0 amide bonds. The van der Waals surface area contributed by atoms with Crippen molar-refractivity contribution in [2.45, 2.75) is 5.54 Å². The molecule has 0 bridgehead atoms. The van der Waals surface area contributed by atoms with Crippen LogP contribution in [-0.4, -0.2) is 25.8 Å². The highest BCUT2D eigenvalue weighted by Gasteiger charge is 2.36. The number of hydrogen-bond acceptors (Lipinski definition) is 8. The molecule has 0 spiro atoms. The molecule has 0 heterocycles. The van der Waals surface area contributed by atoms with Crippen molar-refractivity contribution in [3.63, 3.8) is 0 Å². The Kier molecular flexibility index (Phi) is 5.73. The summed E-state index contributed by atoms with van der Waals surface area (Å²) in [5.41, 5.74) is -3.45. The molecule has 13 heteroatoms. The second-order valence-electron chi connectivity index (χ2n) is 3.89. The molecule has 0 aliphatic heterocycles. The number of rotatable bonds is 6. The van der Waals surface area contributed by atoms with Gasteiger partial charge in [0.25, 0.3) is 16.9 Å². The lowest BCUT2D eigenvalue weighted by atomic mass is 10.1. The lowest BCUT2D eigenvalue weighted by Crippen LogP contribution is -2.39. The van der Waals surface area contributed by atoms with Crippen LogP contribution in [0.1, 0.15) is 0 Å². The number of hydrogen-bond donors (Lipinski definition) is 0. The maximum absolute atomic E-state index is 10.7. The van der Waals surface area contributed by atoms with Crippen LogP contribution < -0.4 is 0 Å². The van der Waals surface area contributed by atoms with Crippen molar-refractivity contribution < 1.29 is 9.85 Å². The second-order valence-corrected chi connectivity index (χ2v) is 4.48. The lowest BCUT2D eigenvalue weighted by Gasteiger charge is -2.19. The van der Waals surface area contributed by atoms with Crippen molar-refractivity contribution in [3.05, 3.63) is 38.4 Å². The smallest absolute Gasteiger partial charge is 0.258 e. The van der Waals surface area contributed by atoms with Gasteiger partial charge in [0.05, 0.1) is 21.8 Å². The van der Waals surface area contributed by atoms with Crippen molar-refractivity contribution in [2.75, 3.05) is 5.88 Å². The molecule has 0 aliphatic carbocycles. The van der Waals surface area contributed by atoms with Gasteiger partial charge in [0, 0.05) is 23.9 Å². The standard InChI is InChI=1S/C10H5Cl2N7O4/c11-4-10(5-13,6-14)19(12)16-15-7-1-8(17(20)21)3-9(2-7)18(22)23/h1-3H,4H2. The zero-order valence-electron chi connectivity index (χ0n) is 11.0. The van der Waals surface area contributed by atoms with Gasteiger partial charge in [0.1, 0.15) is 17.8 Å². The Balaban J connectivity index is 3.23. The highest BCUT2D eigenvalue weighted by Crippen LogP contribution is 2.29. The minimum atomic E-state index is -2.01. The predicted molar refractivity (Wildman–Crippen MR) is 76.6 cm³/mol. The fourth-order valence-electron chi connectivity index (χ4n) is 1.23. The van der Waals surface area contributed by atoms with Crippen molar-refractivity contribution in [1.82, 2.24) is 4.53 Å². The van der Waals surface area contributed by atoms with Crippen molar-refractivity contribution in [2.24, 2.45) is 10.3 Å². The van der Waals surface area contributed by atoms with E-state index in [9.17, 15) is 20.2 Å². The van der Waals surface area contributed by atoms with E-state index in [2.05, 4.69) is 10.3 Å². The molecule has 1 rings (SSSR count). The normalized spacial score (nSPS) is 10.8. The van der Waals surface area contributed by atoms with Crippen molar-refractivity contribution >= 4 is 40.4 Å². The summed E-state index contributed by atoms with van der Waals surface area (Å²) < 4.78 is 0.338. The number of nitriles is 2. The summed E-state index contributed by atoms with van der Waals surface area (Å²) in [6.45, 7) is 0. The summed E-state index contributed by atoms with van der Waals surface area (Å²) in [6.07, 6.45) is 0. The summed E-state index contributed by atoms with van der Waals surface area (Å²) >= 11 is 11.1. The molecule has 0 N–H and O–H groups in total. The molecule has 1 aromatic rings. The van der Waals surface area contributed by atoms with E-state index >= 15 is 0 Å². The Morgan fingerprint density at radius 3 is 2.00 bits per heavy atom. The van der Waals surface area contributed by atoms with Crippen LogP contribution >= 0.6 is 23.4 Å². The summed E-state index contributed by atoms with van der Waals surface area (Å²) in [4.78, 5) is 19.8. The average molecular weight is 358 g/mol. The molecule has 0 fully saturated rings. The largest absolute Gasteiger partial charge is 0.278 e. The predicted octanol–water partition coefficient (Wildman–Crippen LogP) is 2.98. The van der Waals surface area contributed by atoms with Crippen LogP contribution in [-0.2, 0) is 0 Å². The molecular weight excluding hydrogens is 353 g/mol. The number of alkyl halides is 1. The first-order chi connectivity index (χ1) is 10.8. The van der Waals surface area contributed by atoms with Crippen LogP contribution in [0.3, 0.4) is 0 Å². The Morgan fingerprint density at radius 1 is 1.17 bits per heavy atom. The Hall–Kier alpha value is -3.02. The van der Waals surface area contributed by atoms with E-state index in [-0.39, 0.29) is 5.69 Å². The van der Waals surface area contributed by atoms with E-state index in [1.54, 1.807) is 12.1 Å². The summed E-state index contributed by atoms with van der Waals surface area (Å²) in [7, 11) is 0. The van der Waals surface area contributed by atoms with E-state index in [1.165, 1.54) is 0 Å². The van der Waals surface area contributed by atoms with E-state index in [4.69, 9.17) is 33.9 Å². The molecule has 0 aliphatic rings. The number of halogens is 2. The molecule has 0 unspecified atom stereocenters. The zero-order valence-corrected chi connectivity index (χ0v) is 12.5. The number of non-ortho nitro benzene ring substituents is 2. The molecule has 0 atom stereocenters. The minimum absolute atomic E-state index is 0.268. The molecule has 23 heavy (non-hydrogen) atoms. The average Bonchev–Trinajstić information content (AvgIpc) is 2.54. The van der Waals surface area contributed by atoms with E-state index in [0.29, 0.717) is 4.53 Å². The molecule has 0 aromatic heterocycles. The molecule has 0 saturated heterocycles. The molecule has 118 valence electrons. The van der Waals surface area contributed by atoms with Gasteiger partial charge >= 0.3 is 0 Å². The molecule has 0 saturated carbocycles. The Bertz CT molecular complexity index is 708. The second kappa shape index (κ2) is 7.31. The van der Waals surface area contributed by atoms with Gasteiger partial charge in [-0.2, -0.15) is 15.1 Å². The van der Waals surface area contributed by atoms with Crippen LogP contribution in [0.4, 0.5) is 17.1 Å². The molecule has 0 radical (unpaired) electrons. The van der Waals surface area contributed by atoms with Gasteiger partial charge in [-0.3, -0.25) is 20.2 Å². The van der Waals surface area contributed by atoms with Crippen LogP contribution in [0.5, 0.6) is 0 Å². The highest BCUT2D eigenvalue weighted by molar-refractivity contribution is 6.20. The van der Waals surface area contributed by atoms with E-state index in [0.717, 1.165) is 18.2 Å².